The second-order valence-corrected chi connectivity index (χ2v) is 19.4. The number of benzene rings is 7. The van der Waals surface area contributed by atoms with E-state index in [9.17, 15) is 0 Å². The lowest BCUT2D eigenvalue weighted by atomic mass is 9.80. The molecule has 11 rings (SSSR count). The highest BCUT2D eigenvalue weighted by Crippen LogP contribution is 2.58. The van der Waals surface area contributed by atoms with E-state index in [4.69, 9.17) is 4.42 Å². The molecule has 3 aliphatic carbocycles. The molecule has 0 amide bonds. The van der Waals surface area contributed by atoms with E-state index in [1.54, 1.807) is 0 Å². The van der Waals surface area contributed by atoms with Crippen LogP contribution in [0, 0.1) is 0 Å². The predicted octanol–water partition coefficient (Wildman–Crippen LogP) is 15.3. The van der Waals surface area contributed by atoms with E-state index in [-0.39, 0.29) is 21.7 Å². The molecule has 0 radical (unpaired) electrons. The SMILES string of the molecule is CC(C)(C)c1cccc2c1oc1cc3c(cc12)-c1cccc(N(c2ccc4c(c2)C(C)(C)c2ccccc2-4)c2ccc4c(c2)C(C)(C)c2ccccc2-4)c1C3(C)C. The Morgan fingerprint density at radius 3 is 1.56 bits per heavy atom. The van der Waals surface area contributed by atoms with Crippen LogP contribution >= 0.6 is 0 Å². The van der Waals surface area contributed by atoms with E-state index >= 15 is 0 Å². The molecule has 1 aromatic heterocycles. The maximum Gasteiger partial charge on any atom is 0.139 e. The fourth-order valence-corrected chi connectivity index (χ4v) is 11.0. The highest BCUT2D eigenvalue weighted by molar-refractivity contribution is 6.09. The topological polar surface area (TPSA) is 16.4 Å². The quantitative estimate of drug-likeness (QED) is 0.179. The van der Waals surface area contributed by atoms with Crippen LogP contribution in [-0.4, -0.2) is 0 Å². The zero-order valence-corrected chi connectivity index (χ0v) is 34.6. The summed E-state index contributed by atoms with van der Waals surface area (Å²) in [6, 6.07) is 50.6. The maximum atomic E-state index is 6.81. The van der Waals surface area contributed by atoms with Crippen LogP contribution in [0.3, 0.4) is 0 Å². The van der Waals surface area contributed by atoms with Gasteiger partial charge in [-0.05, 0) is 115 Å². The number of nitrogens with zero attached hydrogens (tertiary/aromatic N) is 1. The first-order valence-electron chi connectivity index (χ1n) is 20.6. The van der Waals surface area contributed by atoms with Crippen molar-refractivity contribution in [3.8, 4) is 33.4 Å². The lowest BCUT2D eigenvalue weighted by Crippen LogP contribution is -2.22. The molecular weight excluding hydrogens is 691 g/mol. The second-order valence-electron chi connectivity index (χ2n) is 19.4. The Balaban J connectivity index is 1.15. The van der Waals surface area contributed by atoms with Crippen LogP contribution < -0.4 is 4.90 Å². The number of furan rings is 1. The van der Waals surface area contributed by atoms with Gasteiger partial charge in [0, 0.05) is 44.0 Å². The maximum absolute atomic E-state index is 6.81. The van der Waals surface area contributed by atoms with Gasteiger partial charge in [0.25, 0.3) is 0 Å². The molecule has 0 N–H and O–H groups in total. The highest BCUT2D eigenvalue weighted by Gasteiger charge is 2.42. The number of rotatable bonds is 3. The van der Waals surface area contributed by atoms with E-state index in [2.05, 4.69) is 201 Å². The normalized spacial score (nSPS) is 16.2. The smallest absolute Gasteiger partial charge is 0.139 e. The number of fused-ring (bicyclic) bond motifs is 12. The summed E-state index contributed by atoms with van der Waals surface area (Å²) in [5.41, 5.74) is 22.4. The Labute approximate surface area is 336 Å². The van der Waals surface area contributed by atoms with Gasteiger partial charge in [0.1, 0.15) is 11.2 Å². The molecule has 0 saturated heterocycles. The first-order chi connectivity index (χ1) is 27.2. The molecule has 0 saturated carbocycles. The van der Waals surface area contributed by atoms with E-state index in [0.29, 0.717) is 0 Å². The zero-order valence-electron chi connectivity index (χ0n) is 34.6. The highest BCUT2D eigenvalue weighted by atomic mass is 16.3. The fourth-order valence-electron chi connectivity index (χ4n) is 11.0. The molecular formula is C55H49NO. The van der Waals surface area contributed by atoms with Gasteiger partial charge in [-0.1, -0.05) is 153 Å². The standard InChI is InChI=1S/C55H49NO/c1-52(2,3)44-22-14-19-39-41-30-40-38-18-15-23-48(50(38)55(8,9)47(40)31-49(41)57-51(39)44)56(32-24-26-36-34-16-10-12-20-42(34)53(4,5)45(36)28-32)33-25-27-37-35-17-11-13-21-43(35)54(6,7)46(37)29-33/h10-31H,1-9H3. The third-order valence-corrected chi connectivity index (χ3v) is 14.0. The van der Waals surface area contributed by atoms with Gasteiger partial charge in [0.05, 0.1) is 5.69 Å². The van der Waals surface area contributed by atoms with E-state index < -0.39 is 0 Å². The largest absolute Gasteiger partial charge is 0.456 e. The predicted molar refractivity (Wildman–Crippen MR) is 240 cm³/mol. The summed E-state index contributed by atoms with van der Waals surface area (Å²) < 4.78 is 6.81. The van der Waals surface area contributed by atoms with Crippen molar-refractivity contribution < 1.29 is 4.42 Å². The summed E-state index contributed by atoms with van der Waals surface area (Å²) in [5, 5.41) is 2.37. The monoisotopic (exact) mass is 739 g/mol. The van der Waals surface area contributed by atoms with Gasteiger partial charge in [-0.3, -0.25) is 0 Å². The lowest BCUT2D eigenvalue weighted by molar-refractivity contribution is 0.572. The Bertz CT molecular complexity index is 2930. The Morgan fingerprint density at radius 2 is 0.965 bits per heavy atom. The summed E-state index contributed by atoms with van der Waals surface area (Å²) >= 11 is 0. The van der Waals surface area contributed by atoms with Gasteiger partial charge in [0.15, 0.2) is 0 Å². The second kappa shape index (κ2) is 11.2. The average Bonchev–Trinajstić information content (AvgIpc) is 3.82. The van der Waals surface area contributed by atoms with Crippen molar-refractivity contribution in [1.29, 1.82) is 0 Å². The molecule has 0 spiro atoms. The summed E-state index contributed by atoms with van der Waals surface area (Å²) in [7, 11) is 0. The minimum atomic E-state index is -0.294. The molecule has 3 aliphatic rings. The molecule has 0 aliphatic heterocycles. The van der Waals surface area contributed by atoms with Crippen molar-refractivity contribution in [2.45, 2.75) is 84.0 Å². The van der Waals surface area contributed by atoms with E-state index in [0.717, 1.165) is 11.2 Å². The summed E-state index contributed by atoms with van der Waals surface area (Å²) in [6.45, 7) is 21.1. The van der Waals surface area contributed by atoms with Gasteiger partial charge >= 0.3 is 0 Å². The fraction of sp³-hybridized carbons (Fsp3) is 0.236. The molecule has 2 nitrogen and oxygen atoms in total. The van der Waals surface area contributed by atoms with Gasteiger partial charge in [-0.25, -0.2) is 0 Å². The van der Waals surface area contributed by atoms with Crippen LogP contribution in [0.1, 0.15) is 101 Å². The van der Waals surface area contributed by atoms with Crippen LogP contribution in [0.2, 0.25) is 0 Å². The van der Waals surface area contributed by atoms with Gasteiger partial charge < -0.3 is 9.32 Å². The molecule has 2 heteroatoms. The van der Waals surface area contributed by atoms with Crippen molar-refractivity contribution in [2.75, 3.05) is 4.90 Å². The third kappa shape index (κ3) is 4.53. The van der Waals surface area contributed by atoms with Crippen LogP contribution in [0.15, 0.2) is 138 Å². The van der Waals surface area contributed by atoms with Crippen molar-refractivity contribution in [2.24, 2.45) is 0 Å². The summed E-state index contributed by atoms with van der Waals surface area (Å²) in [6.07, 6.45) is 0. The van der Waals surface area contributed by atoms with Crippen LogP contribution in [0.5, 0.6) is 0 Å². The molecule has 0 bridgehead atoms. The number of hydrogen-bond acceptors (Lipinski definition) is 2. The summed E-state index contributed by atoms with van der Waals surface area (Å²) in [5.74, 6) is 0. The number of para-hydroxylation sites is 1. The van der Waals surface area contributed by atoms with Crippen molar-refractivity contribution in [1.82, 2.24) is 0 Å². The number of anilines is 3. The zero-order chi connectivity index (χ0) is 39.4. The molecule has 0 unspecified atom stereocenters. The van der Waals surface area contributed by atoms with Crippen molar-refractivity contribution in [3.05, 3.63) is 172 Å². The minimum absolute atomic E-state index is 0.0224. The van der Waals surface area contributed by atoms with Gasteiger partial charge in [-0.2, -0.15) is 0 Å². The lowest BCUT2D eigenvalue weighted by Gasteiger charge is -2.34. The molecule has 0 fully saturated rings. The molecule has 280 valence electrons. The van der Waals surface area contributed by atoms with Crippen LogP contribution in [0.25, 0.3) is 55.3 Å². The van der Waals surface area contributed by atoms with Gasteiger partial charge in [0.2, 0.25) is 0 Å². The number of hydrogen-bond donors (Lipinski definition) is 0. The van der Waals surface area contributed by atoms with E-state index in [1.807, 2.05) is 0 Å². The first kappa shape index (κ1) is 34.4. The molecule has 7 aromatic carbocycles. The van der Waals surface area contributed by atoms with Gasteiger partial charge in [-0.15, -0.1) is 0 Å². The van der Waals surface area contributed by atoms with Crippen LogP contribution in [-0.2, 0) is 21.7 Å². The molecule has 8 aromatic rings. The average molecular weight is 740 g/mol. The summed E-state index contributed by atoms with van der Waals surface area (Å²) in [4.78, 5) is 2.56. The van der Waals surface area contributed by atoms with Crippen molar-refractivity contribution >= 4 is 39.0 Å². The molecule has 0 atom stereocenters. The third-order valence-electron chi connectivity index (χ3n) is 14.0. The van der Waals surface area contributed by atoms with Crippen molar-refractivity contribution in [3.63, 3.8) is 0 Å². The molecule has 1 heterocycles. The Hall–Kier alpha value is -5.86. The molecule has 57 heavy (non-hydrogen) atoms. The minimum Gasteiger partial charge on any atom is -0.456 e. The van der Waals surface area contributed by atoms with Crippen LogP contribution in [0.4, 0.5) is 17.1 Å². The Kier molecular flexibility index (Phi) is 6.74. The van der Waals surface area contributed by atoms with E-state index in [1.165, 1.54) is 100 Å². The first-order valence-corrected chi connectivity index (χ1v) is 20.6. The Morgan fingerprint density at radius 1 is 0.439 bits per heavy atom.